The average Bonchev–Trinajstić information content (AvgIpc) is 2.74. The van der Waals surface area contributed by atoms with E-state index in [4.69, 9.17) is 0 Å². The van der Waals surface area contributed by atoms with Gasteiger partial charge in [-0.1, -0.05) is 20.8 Å². The van der Waals surface area contributed by atoms with E-state index in [1.807, 2.05) is 0 Å². The van der Waals surface area contributed by atoms with Crippen LogP contribution in [0.3, 0.4) is 0 Å². The summed E-state index contributed by atoms with van der Waals surface area (Å²) in [5.74, 6) is 0. The number of hydrogen-bond acceptors (Lipinski definition) is 4. The smallest absolute Gasteiger partial charge is 0.196 e. The molecular weight excluding hydrogens is 210 g/mol. The van der Waals surface area contributed by atoms with Gasteiger partial charge >= 0.3 is 0 Å². The van der Waals surface area contributed by atoms with Gasteiger partial charge in [-0.2, -0.15) is 4.37 Å². The Morgan fingerprint density at radius 3 is 2.21 bits per heavy atom. The Labute approximate surface area is 91.4 Å². The van der Waals surface area contributed by atoms with Crippen molar-refractivity contribution >= 4 is 24.9 Å². The molecule has 1 heterocycles. The molecule has 5 heteroatoms. The van der Waals surface area contributed by atoms with E-state index < -0.39 is 8.24 Å². The normalized spacial score (nSPS) is 11.7. The highest BCUT2D eigenvalue weighted by molar-refractivity contribution is 7.11. The summed E-state index contributed by atoms with van der Waals surface area (Å²) < 4.78 is 6.49. The van der Waals surface area contributed by atoms with Crippen LogP contribution >= 0.6 is 11.5 Å². The molecule has 0 spiro atoms. The average molecular weight is 229 g/mol. The number of anilines is 1. The Morgan fingerprint density at radius 2 is 1.86 bits per heavy atom. The standard InChI is InChI=1S/C9H19N3SSi/c1-5-14(6-2,7-3)12(4)9-10-8-11-13-9/h8H,5-7H2,1-4H3. The molecule has 1 aromatic heterocycles. The summed E-state index contributed by atoms with van der Waals surface area (Å²) in [6.45, 7) is 6.91. The zero-order valence-corrected chi connectivity index (χ0v) is 11.3. The van der Waals surface area contributed by atoms with Crippen molar-refractivity contribution in [3.05, 3.63) is 6.33 Å². The third-order valence-corrected chi connectivity index (χ3v) is 9.81. The highest BCUT2D eigenvalue weighted by Crippen LogP contribution is 2.28. The Bertz CT molecular complexity index is 251. The fraction of sp³-hybridized carbons (Fsp3) is 0.778. The lowest BCUT2D eigenvalue weighted by molar-refractivity contribution is 1.06. The summed E-state index contributed by atoms with van der Waals surface area (Å²) in [5, 5.41) is 1.09. The van der Waals surface area contributed by atoms with Gasteiger partial charge in [0, 0.05) is 11.5 Å². The molecule has 0 aliphatic carbocycles. The molecule has 0 aliphatic heterocycles. The van der Waals surface area contributed by atoms with Crippen LogP contribution in [0.5, 0.6) is 0 Å². The summed E-state index contributed by atoms with van der Waals surface area (Å²) in [6, 6.07) is 3.86. The molecule has 1 aromatic rings. The first kappa shape index (κ1) is 11.7. The maximum absolute atomic E-state index is 4.29. The van der Waals surface area contributed by atoms with Gasteiger partial charge in [-0.15, -0.1) is 0 Å². The van der Waals surface area contributed by atoms with E-state index in [1.54, 1.807) is 6.33 Å². The van der Waals surface area contributed by atoms with Gasteiger partial charge in [0.2, 0.25) is 0 Å². The molecule has 3 nitrogen and oxygen atoms in total. The van der Waals surface area contributed by atoms with Gasteiger partial charge in [0.1, 0.15) is 6.33 Å². The van der Waals surface area contributed by atoms with E-state index in [2.05, 4.69) is 41.7 Å². The number of aromatic nitrogens is 2. The van der Waals surface area contributed by atoms with E-state index >= 15 is 0 Å². The number of rotatable bonds is 5. The molecule has 1 rings (SSSR count). The molecule has 0 N–H and O–H groups in total. The molecular formula is C9H19N3SSi. The van der Waals surface area contributed by atoms with Crippen molar-refractivity contribution in [1.82, 2.24) is 9.36 Å². The second kappa shape index (κ2) is 4.88. The van der Waals surface area contributed by atoms with Crippen LogP contribution in [0.1, 0.15) is 20.8 Å². The predicted octanol–water partition coefficient (Wildman–Crippen LogP) is 2.98. The van der Waals surface area contributed by atoms with E-state index in [0.29, 0.717) is 0 Å². The predicted molar refractivity (Wildman–Crippen MR) is 65.5 cm³/mol. The van der Waals surface area contributed by atoms with Crippen molar-refractivity contribution in [2.45, 2.75) is 38.9 Å². The monoisotopic (exact) mass is 229 g/mol. The minimum Gasteiger partial charge on any atom is -0.376 e. The van der Waals surface area contributed by atoms with Crippen molar-refractivity contribution in [2.75, 3.05) is 11.6 Å². The fourth-order valence-corrected chi connectivity index (χ4v) is 6.47. The van der Waals surface area contributed by atoms with Crippen LogP contribution in [0, 0.1) is 0 Å². The van der Waals surface area contributed by atoms with Crippen molar-refractivity contribution in [1.29, 1.82) is 0 Å². The minimum absolute atomic E-state index is 1.09. The van der Waals surface area contributed by atoms with Gasteiger partial charge in [0.05, 0.1) is 0 Å². The van der Waals surface area contributed by atoms with Gasteiger partial charge < -0.3 is 4.57 Å². The van der Waals surface area contributed by atoms with Crippen molar-refractivity contribution in [3.8, 4) is 0 Å². The molecule has 0 atom stereocenters. The summed E-state index contributed by atoms with van der Waals surface area (Å²) >= 11 is 1.50. The van der Waals surface area contributed by atoms with Crippen molar-refractivity contribution in [3.63, 3.8) is 0 Å². The van der Waals surface area contributed by atoms with Gasteiger partial charge in [-0.05, 0) is 25.2 Å². The van der Waals surface area contributed by atoms with E-state index in [9.17, 15) is 0 Å². The molecule has 0 unspecified atom stereocenters. The summed E-state index contributed by atoms with van der Waals surface area (Å²) in [5.41, 5.74) is 0. The molecule has 0 saturated heterocycles. The molecule has 0 bridgehead atoms. The first-order valence-electron chi connectivity index (χ1n) is 5.20. The van der Waals surface area contributed by atoms with Gasteiger partial charge in [-0.3, -0.25) is 0 Å². The Morgan fingerprint density at radius 1 is 1.29 bits per heavy atom. The summed E-state index contributed by atoms with van der Waals surface area (Å²) in [4.78, 5) is 4.29. The molecule has 0 amide bonds. The summed E-state index contributed by atoms with van der Waals surface area (Å²) in [7, 11) is 0.900. The van der Waals surface area contributed by atoms with Crippen LogP contribution in [0.25, 0.3) is 0 Å². The largest absolute Gasteiger partial charge is 0.376 e. The van der Waals surface area contributed by atoms with Crippen LogP contribution in [-0.4, -0.2) is 24.6 Å². The number of hydrogen-bond donors (Lipinski definition) is 0. The molecule has 0 fully saturated rings. The van der Waals surface area contributed by atoms with Gasteiger partial charge in [0.15, 0.2) is 13.4 Å². The topological polar surface area (TPSA) is 29.0 Å². The van der Waals surface area contributed by atoms with Crippen molar-refractivity contribution < 1.29 is 0 Å². The summed E-state index contributed by atoms with van der Waals surface area (Å²) in [6.07, 6.45) is 1.65. The zero-order valence-electron chi connectivity index (χ0n) is 9.45. The maximum atomic E-state index is 4.29. The molecule has 80 valence electrons. The van der Waals surface area contributed by atoms with Crippen molar-refractivity contribution in [2.24, 2.45) is 0 Å². The first-order valence-corrected chi connectivity index (χ1v) is 8.55. The van der Waals surface area contributed by atoms with E-state index in [1.165, 1.54) is 29.7 Å². The fourth-order valence-electron chi connectivity index (χ4n) is 1.98. The van der Waals surface area contributed by atoms with E-state index in [-0.39, 0.29) is 0 Å². The lowest BCUT2D eigenvalue weighted by Crippen LogP contribution is -2.50. The zero-order chi connectivity index (χ0) is 10.6. The Hall–Kier alpha value is -0.423. The lowest BCUT2D eigenvalue weighted by atomic mass is 10.9. The Balaban J connectivity index is 2.89. The minimum atomic E-state index is -1.28. The third kappa shape index (κ3) is 1.98. The molecule has 0 saturated carbocycles. The van der Waals surface area contributed by atoms with Crippen LogP contribution in [0.15, 0.2) is 6.33 Å². The second-order valence-corrected chi connectivity index (χ2v) is 9.57. The highest BCUT2D eigenvalue weighted by atomic mass is 32.1. The lowest BCUT2D eigenvalue weighted by Gasteiger charge is -2.37. The third-order valence-electron chi connectivity index (χ3n) is 3.32. The van der Waals surface area contributed by atoms with E-state index in [0.717, 1.165) is 5.13 Å². The van der Waals surface area contributed by atoms with Gasteiger partial charge in [0.25, 0.3) is 0 Å². The van der Waals surface area contributed by atoms with Crippen LogP contribution in [-0.2, 0) is 0 Å². The van der Waals surface area contributed by atoms with Gasteiger partial charge in [-0.25, -0.2) is 4.98 Å². The molecule has 0 aliphatic rings. The van der Waals surface area contributed by atoms with Crippen LogP contribution in [0.2, 0.25) is 18.1 Å². The molecule has 0 aromatic carbocycles. The van der Waals surface area contributed by atoms with Crippen LogP contribution < -0.4 is 4.57 Å². The highest BCUT2D eigenvalue weighted by Gasteiger charge is 2.33. The number of nitrogens with zero attached hydrogens (tertiary/aromatic N) is 3. The molecule has 0 radical (unpaired) electrons. The second-order valence-electron chi connectivity index (χ2n) is 3.57. The first-order chi connectivity index (χ1) is 6.70. The molecule has 14 heavy (non-hydrogen) atoms. The maximum Gasteiger partial charge on any atom is 0.196 e. The Kier molecular flexibility index (Phi) is 4.06. The SMILES string of the molecule is CC[Si](CC)(CC)N(C)c1ncns1. The quantitative estimate of drug-likeness (QED) is 0.727. The van der Waals surface area contributed by atoms with Crippen LogP contribution in [0.4, 0.5) is 5.13 Å².